The van der Waals surface area contributed by atoms with Gasteiger partial charge in [0, 0.05) is 42.6 Å². The van der Waals surface area contributed by atoms with E-state index in [2.05, 4.69) is 193 Å². The fraction of sp³-hybridized carbons (Fsp3) is 0. The van der Waals surface area contributed by atoms with Crippen molar-refractivity contribution in [3.8, 4) is 33.4 Å². The Labute approximate surface area is 284 Å². The Balaban J connectivity index is 1.25. The molecular weight excluding hydrogens is 599 g/mol. The molecule has 1 nitrogen and oxygen atoms in total. The minimum Gasteiger partial charge on any atom is -0.311 e. The molecule has 1 aromatic heterocycles. The van der Waals surface area contributed by atoms with Crippen molar-refractivity contribution in [1.82, 2.24) is 0 Å². The van der Waals surface area contributed by atoms with E-state index in [9.17, 15) is 0 Å². The van der Waals surface area contributed by atoms with Gasteiger partial charge in [0.25, 0.3) is 0 Å². The van der Waals surface area contributed by atoms with Gasteiger partial charge in [0.05, 0.1) is 0 Å². The average Bonchev–Trinajstić information content (AvgIpc) is 3.56. The van der Waals surface area contributed by atoms with Crippen molar-refractivity contribution in [3.05, 3.63) is 188 Å². The van der Waals surface area contributed by atoms with Gasteiger partial charge in [-0.2, -0.15) is 0 Å². The highest BCUT2D eigenvalue weighted by Crippen LogP contribution is 2.50. The van der Waals surface area contributed by atoms with Crippen LogP contribution in [0.25, 0.3) is 64.3 Å². The molecule has 0 aliphatic carbocycles. The fourth-order valence-corrected chi connectivity index (χ4v) is 8.32. The number of fused-ring (bicyclic) bond motifs is 5. The summed E-state index contributed by atoms with van der Waals surface area (Å²) in [5, 5.41) is 5.23. The smallest absolute Gasteiger partial charge is 0.0462 e. The molecule has 0 aliphatic heterocycles. The maximum Gasteiger partial charge on any atom is 0.0462 e. The van der Waals surface area contributed by atoms with Gasteiger partial charge in [-0.25, -0.2) is 0 Å². The lowest BCUT2D eigenvalue weighted by atomic mass is 9.86. The number of anilines is 3. The third-order valence-electron chi connectivity index (χ3n) is 9.26. The molecule has 0 bridgehead atoms. The standard InChI is InChI=1S/C46H31NS/c1-4-14-32(15-5-1)33-24-28-37(29-25-33)47(36-18-8-3-9-19-36)38-30-26-35(27-31-38)44-43(34-16-6-2-7-17-34)39-20-10-11-21-40(39)46-45(44)41-22-12-13-23-42(41)48-46/h1-31H. The molecule has 0 radical (unpaired) electrons. The molecule has 48 heavy (non-hydrogen) atoms. The summed E-state index contributed by atoms with van der Waals surface area (Å²) in [5.74, 6) is 0. The zero-order valence-corrected chi connectivity index (χ0v) is 27.1. The van der Waals surface area contributed by atoms with Crippen LogP contribution >= 0.6 is 11.3 Å². The number of hydrogen-bond acceptors (Lipinski definition) is 2. The van der Waals surface area contributed by atoms with Gasteiger partial charge in [0.15, 0.2) is 0 Å². The third-order valence-corrected chi connectivity index (χ3v) is 10.5. The molecule has 0 atom stereocenters. The lowest BCUT2D eigenvalue weighted by Crippen LogP contribution is -2.09. The fourth-order valence-electron chi connectivity index (χ4n) is 7.07. The maximum atomic E-state index is 2.34. The first-order valence-electron chi connectivity index (χ1n) is 16.4. The van der Waals surface area contributed by atoms with E-state index in [1.54, 1.807) is 0 Å². The number of para-hydroxylation sites is 1. The summed E-state index contributed by atoms with van der Waals surface area (Å²) >= 11 is 1.90. The highest BCUT2D eigenvalue weighted by atomic mass is 32.1. The van der Waals surface area contributed by atoms with Gasteiger partial charge in [-0.15, -0.1) is 11.3 Å². The summed E-state index contributed by atoms with van der Waals surface area (Å²) in [7, 11) is 0. The molecule has 0 spiro atoms. The number of nitrogens with zero attached hydrogens (tertiary/aromatic N) is 1. The van der Waals surface area contributed by atoms with Crippen molar-refractivity contribution in [2.75, 3.05) is 4.90 Å². The first kappa shape index (κ1) is 28.3. The SMILES string of the molecule is c1ccc(-c2ccc(N(c3ccccc3)c3ccc(-c4c(-c5ccccc5)c5ccccc5c5sc6ccccc6c45)cc3)cc2)cc1. The second-order valence-electron chi connectivity index (χ2n) is 12.1. The predicted molar refractivity (Wildman–Crippen MR) is 208 cm³/mol. The minimum absolute atomic E-state index is 1.12. The molecule has 9 aromatic rings. The van der Waals surface area contributed by atoms with Gasteiger partial charge in [0.1, 0.15) is 0 Å². The van der Waals surface area contributed by atoms with E-state index in [0.717, 1.165) is 17.1 Å². The molecule has 0 N–H and O–H groups in total. The first-order valence-corrected chi connectivity index (χ1v) is 17.2. The Morgan fingerprint density at radius 1 is 0.312 bits per heavy atom. The number of rotatable bonds is 6. The largest absolute Gasteiger partial charge is 0.311 e. The zero-order chi connectivity index (χ0) is 31.9. The van der Waals surface area contributed by atoms with E-state index in [1.807, 2.05) is 11.3 Å². The van der Waals surface area contributed by atoms with Crippen molar-refractivity contribution in [3.63, 3.8) is 0 Å². The molecule has 1 heterocycles. The van der Waals surface area contributed by atoms with Gasteiger partial charge in [-0.1, -0.05) is 146 Å². The highest BCUT2D eigenvalue weighted by Gasteiger charge is 2.21. The quantitative estimate of drug-likeness (QED) is 0.177. The lowest BCUT2D eigenvalue weighted by molar-refractivity contribution is 1.28. The molecule has 0 saturated heterocycles. The summed E-state index contributed by atoms with van der Waals surface area (Å²) in [6, 6.07) is 67.9. The Morgan fingerprint density at radius 3 is 1.40 bits per heavy atom. The molecule has 0 amide bonds. The molecule has 2 heteroatoms. The Morgan fingerprint density at radius 2 is 0.750 bits per heavy atom. The van der Waals surface area contributed by atoms with E-state index in [-0.39, 0.29) is 0 Å². The second-order valence-corrected chi connectivity index (χ2v) is 13.1. The number of benzene rings is 8. The average molecular weight is 630 g/mol. The molecule has 226 valence electrons. The monoisotopic (exact) mass is 629 g/mol. The summed E-state index contributed by atoms with van der Waals surface area (Å²) in [6.07, 6.45) is 0. The molecule has 0 saturated carbocycles. The molecule has 0 fully saturated rings. The predicted octanol–water partition coefficient (Wildman–Crippen LogP) is 13.7. The number of thiophene rings is 1. The summed E-state index contributed by atoms with van der Waals surface area (Å²) in [4.78, 5) is 2.34. The van der Waals surface area contributed by atoms with Crippen LogP contribution in [0.4, 0.5) is 17.1 Å². The Bertz CT molecular complexity index is 2520. The maximum absolute atomic E-state index is 2.34. The summed E-state index contributed by atoms with van der Waals surface area (Å²) in [5.41, 5.74) is 10.8. The van der Waals surface area contributed by atoms with Crippen LogP contribution in [0.5, 0.6) is 0 Å². The van der Waals surface area contributed by atoms with Crippen molar-refractivity contribution in [2.24, 2.45) is 0 Å². The van der Waals surface area contributed by atoms with Crippen LogP contribution in [0.2, 0.25) is 0 Å². The summed E-state index contributed by atoms with van der Waals surface area (Å²) in [6.45, 7) is 0. The number of hydrogen-bond donors (Lipinski definition) is 0. The van der Waals surface area contributed by atoms with Crippen LogP contribution < -0.4 is 4.90 Å². The van der Waals surface area contributed by atoms with Crippen LogP contribution in [-0.2, 0) is 0 Å². The van der Waals surface area contributed by atoms with Crippen LogP contribution in [0.1, 0.15) is 0 Å². The second kappa shape index (κ2) is 12.0. The van der Waals surface area contributed by atoms with Crippen molar-refractivity contribution >= 4 is 59.3 Å². The van der Waals surface area contributed by atoms with E-state index in [1.165, 1.54) is 64.3 Å². The van der Waals surface area contributed by atoms with Crippen LogP contribution in [-0.4, -0.2) is 0 Å². The van der Waals surface area contributed by atoms with Crippen LogP contribution in [0.15, 0.2) is 188 Å². The van der Waals surface area contributed by atoms with E-state index < -0.39 is 0 Å². The Hall–Kier alpha value is -5.96. The molecular formula is C46H31NS. The van der Waals surface area contributed by atoms with Crippen molar-refractivity contribution in [2.45, 2.75) is 0 Å². The molecule has 0 unspecified atom stereocenters. The highest BCUT2D eigenvalue weighted by molar-refractivity contribution is 7.26. The van der Waals surface area contributed by atoms with E-state index >= 15 is 0 Å². The van der Waals surface area contributed by atoms with Gasteiger partial charge in [0.2, 0.25) is 0 Å². The molecule has 0 aliphatic rings. The lowest BCUT2D eigenvalue weighted by Gasteiger charge is -2.26. The first-order chi connectivity index (χ1) is 23.8. The van der Waals surface area contributed by atoms with Gasteiger partial charge < -0.3 is 4.90 Å². The molecule has 9 rings (SSSR count). The Kier molecular flexibility index (Phi) is 7.07. The third kappa shape index (κ3) is 4.86. The van der Waals surface area contributed by atoms with E-state index in [0.29, 0.717) is 0 Å². The minimum atomic E-state index is 1.12. The van der Waals surface area contributed by atoms with Crippen LogP contribution in [0, 0.1) is 0 Å². The summed E-state index contributed by atoms with van der Waals surface area (Å²) < 4.78 is 2.66. The normalized spacial score (nSPS) is 11.3. The van der Waals surface area contributed by atoms with Gasteiger partial charge in [-0.05, 0) is 81.2 Å². The molecule has 8 aromatic carbocycles. The van der Waals surface area contributed by atoms with Crippen molar-refractivity contribution < 1.29 is 0 Å². The topological polar surface area (TPSA) is 3.24 Å². The van der Waals surface area contributed by atoms with Crippen molar-refractivity contribution in [1.29, 1.82) is 0 Å². The van der Waals surface area contributed by atoms with E-state index in [4.69, 9.17) is 0 Å². The van der Waals surface area contributed by atoms with Gasteiger partial charge >= 0.3 is 0 Å². The van der Waals surface area contributed by atoms with Gasteiger partial charge in [-0.3, -0.25) is 0 Å². The zero-order valence-electron chi connectivity index (χ0n) is 26.3. The van der Waals surface area contributed by atoms with Crippen LogP contribution in [0.3, 0.4) is 0 Å².